The zero-order valence-corrected chi connectivity index (χ0v) is 12.9. The lowest BCUT2D eigenvalue weighted by Gasteiger charge is -2.03. The highest BCUT2D eigenvalue weighted by molar-refractivity contribution is 7.21. The van der Waals surface area contributed by atoms with Crippen molar-refractivity contribution in [3.63, 3.8) is 0 Å². The summed E-state index contributed by atoms with van der Waals surface area (Å²) in [7, 11) is 3.84. The molecule has 0 fully saturated rings. The topological polar surface area (TPSA) is 67.7 Å². The van der Waals surface area contributed by atoms with Gasteiger partial charge in [-0.3, -0.25) is 0 Å². The molecule has 3 rings (SSSR count). The molecule has 0 unspecified atom stereocenters. The van der Waals surface area contributed by atoms with Gasteiger partial charge in [-0.25, -0.2) is 15.0 Å². The summed E-state index contributed by atoms with van der Waals surface area (Å²) in [4.78, 5) is 14.6. The van der Waals surface area contributed by atoms with E-state index in [9.17, 15) is 0 Å². The molecule has 3 heterocycles. The monoisotopic (exact) mass is 290 g/mol. The molecule has 0 spiro atoms. The third kappa shape index (κ3) is 2.07. The quantitative estimate of drug-likeness (QED) is 0.773. The zero-order valence-electron chi connectivity index (χ0n) is 12.1. The van der Waals surface area contributed by atoms with E-state index in [0.29, 0.717) is 5.92 Å². The Morgan fingerprint density at radius 1 is 1.30 bits per heavy atom. The van der Waals surface area contributed by atoms with Gasteiger partial charge in [0, 0.05) is 20.6 Å². The van der Waals surface area contributed by atoms with Crippen molar-refractivity contribution in [1.29, 1.82) is 0 Å². The summed E-state index contributed by atoms with van der Waals surface area (Å²) < 4.78 is 1.99. The molecule has 0 atom stereocenters. The summed E-state index contributed by atoms with van der Waals surface area (Å²) in [5.41, 5.74) is 2.80. The van der Waals surface area contributed by atoms with Gasteiger partial charge in [0.1, 0.15) is 21.4 Å². The fraction of sp³-hybridized carbons (Fsp3) is 0.462. The van der Waals surface area contributed by atoms with E-state index < -0.39 is 0 Å². The number of hydrogen-bond acceptors (Lipinski definition) is 6. The normalized spacial score (nSPS) is 11.7. The molecule has 20 heavy (non-hydrogen) atoms. The first-order valence-corrected chi connectivity index (χ1v) is 7.45. The van der Waals surface area contributed by atoms with E-state index in [1.165, 1.54) is 0 Å². The number of thiazole rings is 1. The Balaban J connectivity index is 2.17. The number of imidazole rings is 1. The van der Waals surface area contributed by atoms with Crippen molar-refractivity contribution < 1.29 is 0 Å². The number of hydrogen-bond donors (Lipinski definition) is 2. The molecular formula is C13H18N6S. The Bertz CT molecular complexity index is 757. The molecular weight excluding hydrogens is 272 g/mol. The van der Waals surface area contributed by atoms with Crippen molar-refractivity contribution in [2.24, 2.45) is 13.0 Å². The van der Waals surface area contributed by atoms with Crippen molar-refractivity contribution in [2.45, 2.75) is 13.8 Å². The molecule has 0 aliphatic heterocycles. The summed E-state index contributed by atoms with van der Waals surface area (Å²) in [6.45, 7) is 5.27. The van der Waals surface area contributed by atoms with Crippen molar-refractivity contribution >= 4 is 43.7 Å². The Hall–Kier alpha value is -1.89. The first-order valence-electron chi connectivity index (χ1n) is 6.63. The lowest BCUT2D eigenvalue weighted by Crippen LogP contribution is -2.07. The Morgan fingerprint density at radius 2 is 2.10 bits per heavy atom. The molecule has 106 valence electrons. The van der Waals surface area contributed by atoms with E-state index in [1.54, 1.807) is 17.7 Å². The molecule has 6 nitrogen and oxygen atoms in total. The average Bonchev–Trinajstić information content (AvgIpc) is 2.98. The van der Waals surface area contributed by atoms with E-state index >= 15 is 0 Å². The van der Waals surface area contributed by atoms with Crippen LogP contribution in [0.25, 0.3) is 21.4 Å². The van der Waals surface area contributed by atoms with E-state index in [1.807, 2.05) is 18.7 Å². The number of nitrogens with zero attached hydrogens (tertiary/aromatic N) is 4. The second kappa shape index (κ2) is 4.90. The van der Waals surface area contributed by atoms with E-state index in [-0.39, 0.29) is 0 Å². The van der Waals surface area contributed by atoms with Gasteiger partial charge >= 0.3 is 0 Å². The van der Waals surface area contributed by atoms with Crippen molar-refractivity contribution in [1.82, 2.24) is 19.5 Å². The predicted molar refractivity (Wildman–Crippen MR) is 84.6 cm³/mol. The molecule has 0 aliphatic rings. The van der Waals surface area contributed by atoms with Crippen LogP contribution >= 0.6 is 11.3 Å². The van der Waals surface area contributed by atoms with Gasteiger partial charge in [0.05, 0.1) is 6.33 Å². The summed E-state index contributed by atoms with van der Waals surface area (Å²) in [5, 5.41) is 7.38. The Labute approximate surface area is 121 Å². The molecule has 0 amide bonds. The van der Waals surface area contributed by atoms with Crippen LogP contribution in [-0.4, -0.2) is 33.1 Å². The van der Waals surface area contributed by atoms with Gasteiger partial charge in [-0.05, 0) is 5.92 Å². The summed E-state index contributed by atoms with van der Waals surface area (Å²) in [6, 6.07) is 0. The fourth-order valence-corrected chi connectivity index (χ4v) is 2.97. The molecule has 0 saturated heterocycles. The maximum atomic E-state index is 4.68. The molecule has 0 aromatic carbocycles. The second-order valence-electron chi connectivity index (χ2n) is 5.21. The van der Waals surface area contributed by atoms with Crippen molar-refractivity contribution in [2.75, 3.05) is 24.2 Å². The minimum atomic E-state index is 0.583. The number of fused-ring (bicyclic) bond motifs is 3. The smallest absolute Gasteiger partial charge is 0.185 e. The van der Waals surface area contributed by atoms with Crippen LogP contribution in [-0.2, 0) is 7.05 Å². The summed E-state index contributed by atoms with van der Waals surface area (Å²) >= 11 is 1.58. The average molecular weight is 290 g/mol. The van der Waals surface area contributed by atoms with Crippen molar-refractivity contribution in [3.8, 4) is 0 Å². The van der Waals surface area contributed by atoms with Crippen LogP contribution in [0.15, 0.2) is 6.33 Å². The maximum Gasteiger partial charge on any atom is 0.185 e. The maximum absolute atomic E-state index is 4.68. The first-order chi connectivity index (χ1) is 9.60. The molecule has 2 N–H and O–H groups in total. The van der Waals surface area contributed by atoms with Gasteiger partial charge in [0.15, 0.2) is 10.9 Å². The largest absolute Gasteiger partial charge is 0.371 e. The third-order valence-electron chi connectivity index (χ3n) is 3.11. The van der Waals surface area contributed by atoms with E-state index in [0.717, 1.165) is 38.9 Å². The molecule has 0 bridgehead atoms. The number of aryl methyl sites for hydroxylation is 1. The Morgan fingerprint density at radius 3 is 2.80 bits per heavy atom. The lowest BCUT2D eigenvalue weighted by atomic mass is 10.2. The van der Waals surface area contributed by atoms with Gasteiger partial charge < -0.3 is 15.2 Å². The lowest BCUT2D eigenvalue weighted by molar-refractivity contribution is 0.688. The second-order valence-corrected chi connectivity index (χ2v) is 6.19. The number of aromatic nitrogens is 4. The zero-order chi connectivity index (χ0) is 14.3. The van der Waals surface area contributed by atoms with Crippen LogP contribution in [0.3, 0.4) is 0 Å². The van der Waals surface area contributed by atoms with Gasteiger partial charge in [-0.2, -0.15) is 0 Å². The molecule has 3 aromatic heterocycles. The van der Waals surface area contributed by atoms with Gasteiger partial charge in [0.25, 0.3) is 0 Å². The van der Waals surface area contributed by atoms with Gasteiger partial charge in [0.2, 0.25) is 0 Å². The Kier molecular flexibility index (Phi) is 3.21. The molecule has 7 heteroatoms. The van der Waals surface area contributed by atoms with E-state index in [4.69, 9.17) is 0 Å². The van der Waals surface area contributed by atoms with Crippen LogP contribution in [0.1, 0.15) is 13.8 Å². The van der Waals surface area contributed by atoms with Crippen LogP contribution in [0.2, 0.25) is 0 Å². The summed E-state index contributed by atoms with van der Waals surface area (Å²) in [6.07, 6.45) is 1.80. The van der Waals surface area contributed by atoms with E-state index in [2.05, 4.69) is 39.4 Å². The number of pyridine rings is 1. The van der Waals surface area contributed by atoms with Gasteiger partial charge in [-0.1, -0.05) is 25.2 Å². The summed E-state index contributed by atoms with van der Waals surface area (Å²) in [5.74, 6) is 1.38. The molecule has 0 aliphatic carbocycles. The van der Waals surface area contributed by atoms with Crippen LogP contribution in [0, 0.1) is 5.92 Å². The highest BCUT2D eigenvalue weighted by Crippen LogP contribution is 2.32. The minimum Gasteiger partial charge on any atom is -0.371 e. The highest BCUT2D eigenvalue weighted by atomic mass is 32.1. The van der Waals surface area contributed by atoms with Gasteiger partial charge in [-0.15, -0.1) is 0 Å². The van der Waals surface area contributed by atoms with Crippen LogP contribution < -0.4 is 10.6 Å². The van der Waals surface area contributed by atoms with Crippen LogP contribution in [0.4, 0.5) is 10.9 Å². The predicted octanol–water partition coefficient (Wildman–Crippen LogP) is 2.69. The fourth-order valence-electron chi connectivity index (χ4n) is 2.12. The minimum absolute atomic E-state index is 0.583. The highest BCUT2D eigenvalue weighted by Gasteiger charge is 2.16. The van der Waals surface area contributed by atoms with Crippen LogP contribution in [0.5, 0.6) is 0 Å². The number of nitrogens with one attached hydrogen (secondary N) is 2. The first kappa shape index (κ1) is 13.1. The molecule has 0 radical (unpaired) electrons. The SMILES string of the molecule is CNc1nc2sc(NCC(C)C)nc2c2c1ncn2C. The standard InChI is InChI=1S/C13H18N6S/c1-7(2)5-15-13-17-9-10-8(16-6-19(10)4)11(14-3)18-12(9)20-13/h6-7H,5H2,1-4H3,(H,14,18)(H,15,17). The third-order valence-corrected chi connectivity index (χ3v) is 4.01. The molecule has 3 aromatic rings. The van der Waals surface area contributed by atoms with Crippen molar-refractivity contribution in [3.05, 3.63) is 6.33 Å². The number of anilines is 2. The molecule has 0 saturated carbocycles. The number of rotatable bonds is 4.